The first-order valence-electron chi connectivity index (χ1n) is 6.24. The lowest BCUT2D eigenvalue weighted by Gasteiger charge is -2.32. The molecule has 1 N–H and O–H groups in total. The Bertz CT molecular complexity index is 614. The van der Waals surface area contributed by atoms with Crippen molar-refractivity contribution in [1.29, 1.82) is 0 Å². The molecule has 1 saturated heterocycles. The van der Waals surface area contributed by atoms with Crippen LogP contribution in [0.25, 0.3) is 0 Å². The topological polar surface area (TPSA) is 79.4 Å². The number of sulfonamides is 1. The number of hydrogen-bond donors (Lipinski definition) is 1. The lowest BCUT2D eigenvalue weighted by Crippen LogP contribution is -2.51. The Morgan fingerprint density at radius 2 is 2.20 bits per heavy atom. The number of likely N-dealkylation sites (N-methyl/N-ethyl adjacent to an activating group) is 1. The Kier molecular flexibility index (Phi) is 4.68. The molecule has 1 amide bonds. The van der Waals surface area contributed by atoms with E-state index < -0.39 is 16.1 Å². The zero-order chi connectivity index (χ0) is 14.9. The second-order valence-electron chi connectivity index (χ2n) is 4.58. The van der Waals surface area contributed by atoms with E-state index in [2.05, 4.69) is 10.3 Å². The number of halogens is 1. The molecule has 0 aromatic carbocycles. The fourth-order valence-electron chi connectivity index (χ4n) is 2.32. The first kappa shape index (κ1) is 15.7. The largest absolute Gasteiger partial charge is 0.358 e. The Hall–Kier alpha value is -0.700. The highest BCUT2D eigenvalue weighted by Crippen LogP contribution is 2.32. The normalized spacial score (nSPS) is 20.9. The van der Waals surface area contributed by atoms with E-state index in [9.17, 15) is 13.2 Å². The van der Waals surface area contributed by atoms with Crippen LogP contribution in [0.1, 0.15) is 25.0 Å². The van der Waals surface area contributed by atoms with E-state index >= 15 is 0 Å². The lowest BCUT2D eigenvalue weighted by molar-refractivity contribution is -0.125. The molecule has 1 unspecified atom stereocenters. The fourth-order valence-corrected chi connectivity index (χ4v) is 5.83. The number of carbonyl (C=O) groups is 1. The summed E-state index contributed by atoms with van der Waals surface area (Å²) in [6, 6.07) is -0.654. The van der Waals surface area contributed by atoms with Crippen molar-refractivity contribution < 1.29 is 13.2 Å². The van der Waals surface area contributed by atoms with Gasteiger partial charge in [-0.1, -0.05) is 29.4 Å². The van der Waals surface area contributed by atoms with Crippen LogP contribution in [-0.4, -0.2) is 43.2 Å². The number of aromatic nitrogens is 1. The van der Waals surface area contributed by atoms with Crippen LogP contribution in [0.3, 0.4) is 0 Å². The van der Waals surface area contributed by atoms with Crippen LogP contribution < -0.4 is 5.32 Å². The molecule has 112 valence electrons. The molecule has 2 heterocycles. The van der Waals surface area contributed by atoms with Crippen LogP contribution in [0.15, 0.2) is 4.21 Å². The van der Waals surface area contributed by atoms with Crippen LogP contribution in [0.4, 0.5) is 0 Å². The predicted molar refractivity (Wildman–Crippen MR) is 77.5 cm³/mol. The molecule has 0 radical (unpaired) electrons. The van der Waals surface area contributed by atoms with Gasteiger partial charge in [0.1, 0.15) is 6.04 Å². The van der Waals surface area contributed by atoms with Crippen molar-refractivity contribution in [2.75, 3.05) is 13.6 Å². The minimum absolute atomic E-state index is 0.123. The molecule has 0 bridgehead atoms. The van der Waals surface area contributed by atoms with Crippen LogP contribution in [0.2, 0.25) is 4.47 Å². The monoisotopic (exact) mass is 337 g/mol. The molecular formula is C11H16ClN3O3S2. The van der Waals surface area contributed by atoms with E-state index in [0.29, 0.717) is 18.7 Å². The third-order valence-corrected chi connectivity index (χ3v) is 7.03. The number of amides is 1. The molecule has 1 aromatic rings. The maximum Gasteiger partial charge on any atom is 0.255 e. The maximum atomic E-state index is 12.7. The van der Waals surface area contributed by atoms with Crippen molar-refractivity contribution in [2.24, 2.45) is 0 Å². The summed E-state index contributed by atoms with van der Waals surface area (Å²) in [5.41, 5.74) is 0.376. The van der Waals surface area contributed by atoms with Gasteiger partial charge < -0.3 is 5.32 Å². The second kappa shape index (κ2) is 5.97. The molecule has 1 aliphatic rings. The molecule has 6 nitrogen and oxygen atoms in total. The Morgan fingerprint density at radius 3 is 2.75 bits per heavy atom. The molecular weight excluding hydrogens is 322 g/mol. The maximum absolute atomic E-state index is 12.7. The summed E-state index contributed by atoms with van der Waals surface area (Å²) in [7, 11) is -2.22. The summed E-state index contributed by atoms with van der Waals surface area (Å²) in [5.74, 6) is -0.276. The summed E-state index contributed by atoms with van der Waals surface area (Å²) < 4.78 is 27.0. The first-order valence-corrected chi connectivity index (χ1v) is 8.87. The summed E-state index contributed by atoms with van der Waals surface area (Å²) in [5, 5.41) is 2.52. The molecule has 1 atom stereocenters. The average Bonchev–Trinajstić information content (AvgIpc) is 2.77. The minimum Gasteiger partial charge on any atom is -0.358 e. The van der Waals surface area contributed by atoms with E-state index in [0.717, 1.165) is 24.2 Å². The van der Waals surface area contributed by atoms with Gasteiger partial charge in [0.2, 0.25) is 5.91 Å². The molecule has 20 heavy (non-hydrogen) atoms. The number of nitrogens with zero attached hydrogens (tertiary/aromatic N) is 2. The first-order chi connectivity index (χ1) is 9.37. The van der Waals surface area contributed by atoms with Gasteiger partial charge in [0.05, 0.1) is 5.69 Å². The van der Waals surface area contributed by atoms with E-state index in [-0.39, 0.29) is 14.6 Å². The summed E-state index contributed by atoms with van der Waals surface area (Å²) in [6.45, 7) is 1.95. The number of piperidine rings is 1. The van der Waals surface area contributed by atoms with Crippen molar-refractivity contribution >= 4 is 38.9 Å². The molecule has 0 aliphatic carbocycles. The van der Waals surface area contributed by atoms with Crippen molar-refractivity contribution in [3.8, 4) is 0 Å². The minimum atomic E-state index is -3.73. The SMILES string of the molecule is CNC(=O)C1CCCCN1S(=O)(=O)c1sc(Cl)nc1C. The smallest absolute Gasteiger partial charge is 0.255 e. The third-order valence-electron chi connectivity index (χ3n) is 3.27. The van der Waals surface area contributed by atoms with Gasteiger partial charge in [-0.05, 0) is 19.8 Å². The summed E-state index contributed by atoms with van der Waals surface area (Å²) in [4.78, 5) is 15.8. The van der Waals surface area contributed by atoms with Crippen LogP contribution in [-0.2, 0) is 14.8 Å². The Balaban J connectivity index is 2.40. The van der Waals surface area contributed by atoms with E-state index in [1.165, 1.54) is 11.4 Å². The van der Waals surface area contributed by atoms with E-state index in [1.54, 1.807) is 6.92 Å². The number of carbonyl (C=O) groups excluding carboxylic acids is 1. The highest BCUT2D eigenvalue weighted by Gasteiger charge is 2.39. The fraction of sp³-hybridized carbons (Fsp3) is 0.636. The molecule has 1 aromatic heterocycles. The highest BCUT2D eigenvalue weighted by atomic mass is 35.5. The zero-order valence-corrected chi connectivity index (χ0v) is 13.6. The second-order valence-corrected chi connectivity index (χ2v) is 8.25. The highest BCUT2D eigenvalue weighted by molar-refractivity contribution is 7.91. The molecule has 2 rings (SSSR count). The van der Waals surface area contributed by atoms with Gasteiger partial charge in [0.25, 0.3) is 10.0 Å². The molecule has 9 heteroatoms. The Labute approximate surface area is 127 Å². The van der Waals surface area contributed by atoms with Gasteiger partial charge in [-0.2, -0.15) is 4.31 Å². The van der Waals surface area contributed by atoms with Crippen LogP contribution in [0.5, 0.6) is 0 Å². The summed E-state index contributed by atoms with van der Waals surface area (Å²) >= 11 is 6.71. The average molecular weight is 338 g/mol. The number of nitrogens with one attached hydrogen (secondary N) is 1. The van der Waals surface area contributed by atoms with Gasteiger partial charge in [-0.15, -0.1) is 0 Å². The van der Waals surface area contributed by atoms with Crippen molar-refractivity contribution in [1.82, 2.24) is 14.6 Å². The Morgan fingerprint density at radius 1 is 1.50 bits per heavy atom. The predicted octanol–water partition coefficient (Wildman–Crippen LogP) is 1.39. The quantitative estimate of drug-likeness (QED) is 0.904. The summed E-state index contributed by atoms with van der Waals surface area (Å²) in [6.07, 6.45) is 2.12. The molecule has 1 aliphatic heterocycles. The van der Waals surface area contributed by atoms with Crippen molar-refractivity contribution in [3.63, 3.8) is 0 Å². The van der Waals surface area contributed by atoms with Gasteiger partial charge in [-0.25, -0.2) is 13.4 Å². The third kappa shape index (κ3) is 2.83. The van der Waals surface area contributed by atoms with Gasteiger partial charge in [0, 0.05) is 13.6 Å². The van der Waals surface area contributed by atoms with E-state index in [1.807, 2.05) is 0 Å². The van der Waals surface area contributed by atoms with Crippen LogP contribution in [0, 0.1) is 6.92 Å². The van der Waals surface area contributed by atoms with Crippen molar-refractivity contribution in [2.45, 2.75) is 36.4 Å². The van der Waals surface area contributed by atoms with E-state index in [4.69, 9.17) is 11.6 Å². The molecule has 0 spiro atoms. The number of hydrogen-bond acceptors (Lipinski definition) is 5. The number of rotatable bonds is 3. The zero-order valence-electron chi connectivity index (χ0n) is 11.2. The number of thiazole rings is 1. The molecule has 1 fully saturated rings. The lowest BCUT2D eigenvalue weighted by atomic mass is 10.0. The standard InChI is InChI=1S/C11H16ClN3O3S2/c1-7-10(19-11(12)14-7)20(17,18)15-6-4-3-5-8(15)9(16)13-2/h8H,3-6H2,1-2H3,(H,13,16). The molecule has 0 saturated carbocycles. The van der Waals surface area contributed by atoms with Gasteiger partial charge in [-0.3, -0.25) is 4.79 Å². The van der Waals surface area contributed by atoms with Gasteiger partial charge in [0.15, 0.2) is 8.68 Å². The van der Waals surface area contributed by atoms with Crippen LogP contribution >= 0.6 is 22.9 Å². The van der Waals surface area contributed by atoms with Crippen molar-refractivity contribution in [3.05, 3.63) is 10.2 Å². The number of aryl methyl sites for hydroxylation is 1. The van der Waals surface area contributed by atoms with Gasteiger partial charge >= 0.3 is 0 Å².